The molecule has 0 saturated carbocycles. The normalized spacial score (nSPS) is 13.9. The number of ether oxygens (including phenoxy) is 1. The number of carbonyl (C=O) groups is 4. The lowest BCUT2D eigenvalue weighted by Crippen LogP contribution is -2.56. The highest BCUT2D eigenvalue weighted by Crippen LogP contribution is 2.20. The zero-order valence-corrected chi connectivity index (χ0v) is 22.4. The van der Waals surface area contributed by atoms with Crippen molar-refractivity contribution >= 4 is 29.3 Å². The lowest BCUT2D eigenvalue weighted by molar-refractivity contribution is -0.139. The van der Waals surface area contributed by atoms with Crippen LogP contribution >= 0.6 is 0 Å². The molecule has 0 aliphatic carbocycles. The molecular weight excluding hydrogens is 515 g/mol. The average Bonchev–Trinajstić information content (AvgIpc) is 2.97. The summed E-state index contributed by atoms with van der Waals surface area (Å²) in [6.07, 6.45) is 0.255. The van der Waals surface area contributed by atoms with Crippen LogP contribution < -0.4 is 15.0 Å². The number of nitrogens with one attached hydrogen (secondary N) is 1. The Morgan fingerprint density at radius 3 is 2.30 bits per heavy atom. The highest BCUT2D eigenvalue weighted by molar-refractivity contribution is 6.00. The molecule has 1 saturated heterocycles. The van der Waals surface area contributed by atoms with Gasteiger partial charge in [0.25, 0.3) is 5.91 Å². The molecule has 1 atom stereocenters. The van der Waals surface area contributed by atoms with E-state index in [9.17, 15) is 23.6 Å². The fourth-order valence-electron chi connectivity index (χ4n) is 4.48. The van der Waals surface area contributed by atoms with Gasteiger partial charge in [-0.2, -0.15) is 0 Å². The smallest absolute Gasteiger partial charge is 0.257 e. The number of piperazine rings is 1. The monoisotopic (exact) mass is 546 g/mol. The number of hydrogen-bond donors (Lipinski definition) is 1. The fourth-order valence-corrected chi connectivity index (χ4v) is 4.48. The Hall–Kier alpha value is -4.73. The van der Waals surface area contributed by atoms with Gasteiger partial charge in [0.05, 0.1) is 19.2 Å². The van der Waals surface area contributed by atoms with Gasteiger partial charge in [-0.25, -0.2) is 4.39 Å². The second kappa shape index (κ2) is 12.9. The highest BCUT2D eigenvalue weighted by Gasteiger charge is 2.31. The minimum absolute atomic E-state index is 0.107. The third-order valence-electron chi connectivity index (χ3n) is 6.75. The maximum atomic E-state index is 14.1. The second-order valence-corrected chi connectivity index (χ2v) is 9.43. The Morgan fingerprint density at radius 1 is 0.975 bits per heavy atom. The minimum Gasteiger partial charge on any atom is -0.497 e. The molecule has 1 fully saturated rings. The predicted molar refractivity (Wildman–Crippen MR) is 147 cm³/mol. The van der Waals surface area contributed by atoms with Gasteiger partial charge in [-0.15, -0.1) is 0 Å². The first-order chi connectivity index (χ1) is 19.3. The van der Waals surface area contributed by atoms with E-state index in [0.717, 1.165) is 5.56 Å². The molecule has 0 unspecified atom stereocenters. The maximum Gasteiger partial charge on any atom is 0.257 e. The molecule has 4 rings (SSSR count). The van der Waals surface area contributed by atoms with Crippen LogP contribution in [0.4, 0.5) is 10.1 Å². The molecule has 4 amide bonds. The Labute approximate surface area is 232 Å². The van der Waals surface area contributed by atoms with Crippen molar-refractivity contribution < 1.29 is 28.3 Å². The number of halogens is 1. The largest absolute Gasteiger partial charge is 0.497 e. The number of anilines is 1. The van der Waals surface area contributed by atoms with E-state index >= 15 is 0 Å². The molecule has 0 spiro atoms. The Morgan fingerprint density at radius 2 is 1.65 bits per heavy atom. The SMILES string of the molecule is COc1ccc(N(C)C(=O)[C@H](Cc2ccccc2)NC(=O)CN2CCN(C(=O)c3ccccc3F)CC2=O)cc1. The Bertz CT molecular complexity index is 1370. The zero-order chi connectivity index (χ0) is 28.6. The summed E-state index contributed by atoms with van der Waals surface area (Å²) in [7, 11) is 3.19. The van der Waals surface area contributed by atoms with Crippen LogP contribution in [0.3, 0.4) is 0 Å². The molecule has 40 heavy (non-hydrogen) atoms. The van der Waals surface area contributed by atoms with Crippen molar-refractivity contribution in [2.75, 3.05) is 45.2 Å². The predicted octanol–water partition coefficient (Wildman–Crippen LogP) is 2.51. The number of amides is 4. The number of rotatable bonds is 9. The number of carbonyl (C=O) groups excluding carboxylic acids is 4. The summed E-state index contributed by atoms with van der Waals surface area (Å²) in [5.41, 5.74) is 1.38. The van der Waals surface area contributed by atoms with Gasteiger partial charge in [-0.05, 0) is 42.0 Å². The summed E-state index contributed by atoms with van der Waals surface area (Å²) in [5, 5.41) is 2.79. The molecule has 1 heterocycles. The molecule has 0 aromatic heterocycles. The lowest BCUT2D eigenvalue weighted by atomic mass is 10.0. The Kier molecular flexibility index (Phi) is 9.11. The summed E-state index contributed by atoms with van der Waals surface area (Å²) in [6.45, 7) is -0.285. The highest BCUT2D eigenvalue weighted by atomic mass is 19.1. The summed E-state index contributed by atoms with van der Waals surface area (Å²) < 4.78 is 19.2. The average molecular weight is 547 g/mol. The number of hydrogen-bond acceptors (Lipinski definition) is 5. The number of nitrogens with zero attached hydrogens (tertiary/aromatic N) is 3. The molecule has 1 N–H and O–H groups in total. The van der Waals surface area contributed by atoms with Gasteiger partial charge < -0.3 is 24.8 Å². The van der Waals surface area contributed by atoms with Gasteiger partial charge in [-0.3, -0.25) is 19.2 Å². The van der Waals surface area contributed by atoms with E-state index in [4.69, 9.17) is 4.74 Å². The summed E-state index contributed by atoms with van der Waals surface area (Å²) in [4.78, 5) is 56.1. The van der Waals surface area contributed by atoms with Crippen molar-refractivity contribution in [1.29, 1.82) is 0 Å². The van der Waals surface area contributed by atoms with Gasteiger partial charge in [0.15, 0.2) is 0 Å². The molecule has 3 aromatic carbocycles. The molecule has 1 aliphatic rings. The molecule has 208 valence electrons. The van der Waals surface area contributed by atoms with E-state index in [0.29, 0.717) is 11.4 Å². The number of likely N-dealkylation sites (N-methyl/N-ethyl adjacent to an activating group) is 1. The quantitative estimate of drug-likeness (QED) is 0.445. The molecular formula is C30H31FN4O5. The summed E-state index contributed by atoms with van der Waals surface area (Å²) in [5.74, 6) is -1.85. The fraction of sp³-hybridized carbons (Fsp3) is 0.267. The van der Waals surface area contributed by atoms with Crippen LogP contribution in [0.15, 0.2) is 78.9 Å². The van der Waals surface area contributed by atoms with Crippen LogP contribution in [0, 0.1) is 5.82 Å². The minimum atomic E-state index is -0.888. The van der Waals surface area contributed by atoms with E-state index < -0.39 is 29.6 Å². The van der Waals surface area contributed by atoms with Crippen LogP contribution in [-0.2, 0) is 20.8 Å². The topological polar surface area (TPSA) is 99.3 Å². The first kappa shape index (κ1) is 28.3. The van der Waals surface area contributed by atoms with Crippen LogP contribution in [-0.4, -0.2) is 79.8 Å². The van der Waals surface area contributed by atoms with Crippen LogP contribution in [0.5, 0.6) is 5.75 Å². The van der Waals surface area contributed by atoms with Crippen molar-refractivity contribution in [3.05, 3.63) is 95.8 Å². The van der Waals surface area contributed by atoms with E-state index in [-0.39, 0.29) is 44.1 Å². The van der Waals surface area contributed by atoms with Crippen LogP contribution in [0.25, 0.3) is 0 Å². The molecule has 1 aliphatic heterocycles. The molecule has 10 heteroatoms. The number of methoxy groups -OCH3 is 1. The maximum absolute atomic E-state index is 14.1. The third-order valence-corrected chi connectivity index (χ3v) is 6.75. The van der Waals surface area contributed by atoms with Crippen molar-refractivity contribution in [3.63, 3.8) is 0 Å². The lowest BCUT2D eigenvalue weighted by Gasteiger charge is -2.34. The first-order valence-electron chi connectivity index (χ1n) is 12.8. The van der Waals surface area contributed by atoms with Crippen molar-refractivity contribution in [2.45, 2.75) is 12.5 Å². The Balaban J connectivity index is 1.41. The van der Waals surface area contributed by atoms with E-state index in [1.807, 2.05) is 30.3 Å². The summed E-state index contributed by atoms with van der Waals surface area (Å²) in [6, 6.07) is 21.0. The standard InChI is InChI=1S/C30H31FN4O5/c1-33(22-12-14-23(40-2)15-13-22)30(39)26(18-21-8-4-3-5-9-21)32-27(36)19-34-16-17-35(20-28(34)37)29(38)24-10-6-7-11-25(24)31/h3-15,26H,16-20H2,1-2H3,(H,32,36)/t26-/m0/s1. The summed E-state index contributed by atoms with van der Waals surface area (Å²) >= 11 is 0. The number of benzene rings is 3. The van der Waals surface area contributed by atoms with Gasteiger partial charge in [0, 0.05) is 32.2 Å². The van der Waals surface area contributed by atoms with E-state index in [1.54, 1.807) is 44.5 Å². The zero-order valence-electron chi connectivity index (χ0n) is 22.4. The second-order valence-electron chi connectivity index (χ2n) is 9.43. The van der Waals surface area contributed by atoms with E-state index in [2.05, 4.69) is 5.32 Å². The van der Waals surface area contributed by atoms with Gasteiger partial charge in [0.2, 0.25) is 17.7 Å². The molecule has 0 bridgehead atoms. The first-order valence-corrected chi connectivity index (χ1v) is 12.8. The van der Waals surface area contributed by atoms with Crippen molar-refractivity contribution in [1.82, 2.24) is 15.1 Å². The van der Waals surface area contributed by atoms with Gasteiger partial charge in [-0.1, -0.05) is 42.5 Å². The van der Waals surface area contributed by atoms with Crippen molar-refractivity contribution in [3.8, 4) is 5.75 Å². The molecule has 9 nitrogen and oxygen atoms in total. The van der Waals surface area contributed by atoms with Crippen LogP contribution in [0.1, 0.15) is 15.9 Å². The molecule has 0 radical (unpaired) electrons. The van der Waals surface area contributed by atoms with Crippen molar-refractivity contribution in [2.24, 2.45) is 0 Å². The van der Waals surface area contributed by atoms with Crippen LogP contribution in [0.2, 0.25) is 0 Å². The third kappa shape index (κ3) is 6.82. The van der Waals surface area contributed by atoms with E-state index in [1.165, 1.54) is 32.9 Å². The van der Waals surface area contributed by atoms with Gasteiger partial charge >= 0.3 is 0 Å². The molecule has 3 aromatic rings. The van der Waals surface area contributed by atoms with Gasteiger partial charge in [0.1, 0.15) is 24.2 Å².